The van der Waals surface area contributed by atoms with Crippen LogP contribution >= 0.6 is 0 Å². The summed E-state index contributed by atoms with van der Waals surface area (Å²) in [6, 6.07) is 13.1. The number of aromatic nitrogens is 1. The number of methoxy groups -OCH3 is 1. The molecule has 2 rings (SSSR count). The van der Waals surface area contributed by atoms with Gasteiger partial charge in [0.2, 0.25) is 0 Å². The van der Waals surface area contributed by atoms with Crippen molar-refractivity contribution in [3.05, 3.63) is 59.9 Å². The van der Waals surface area contributed by atoms with Gasteiger partial charge in [-0.3, -0.25) is 10.3 Å². The zero-order valence-electron chi connectivity index (χ0n) is 13.7. The summed E-state index contributed by atoms with van der Waals surface area (Å²) in [4.78, 5) is 16.2. The first-order chi connectivity index (χ1) is 11.0. The van der Waals surface area contributed by atoms with Gasteiger partial charge in [0, 0.05) is 31.1 Å². The first-order valence-electron chi connectivity index (χ1n) is 7.46. The van der Waals surface area contributed by atoms with E-state index in [9.17, 15) is 4.79 Å². The number of hydrogen-bond donors (Lipinski definition) is 1. The van der Waals surface area contributed by atoms with Gasteiger partial charge in [0.05, 0.1) is 5.60 Å². The van der Waals surface area contributed by atoms with Crippen molar-refractivity contribution < 1.29 is 14.3 Å². The minimum absolute atomic E-state index is 0.237. The SMILES string of the molecule is COC(C)(C)Cc1cc(NC(=O)OCc2ccccc2)ccn1. The van der Waals surface area contributed by atoms with Crippen LogP contribution in [0, 0.1) is 0 Å². The highest BCUT2D eigenvalue weighted by Gasteiger charge is 2.18. The van der Waals surface area contributed by atoms with Crippen molar-refractivity contribution in [3.63, 3.8) is 0 Å². The molecule has 0 aliphatic carbocycles. The van der Waals surface area contributed by atoms with Gasteiger partial charge < -0.3 is 9.47 Å². The Morgan fingerprint density at radius 2 is 1.96 bits per heavy atom. The Morgan fingerprint density at radius 1 is 1.22 bits per heavy atom. The number of rotatable bonds is 6. The fourth-order valence-corrected chi connectivity index (χ4v) is 2.04. The lowest BCUT2D eigenvalue weighted by atomic mass is 10.0. The Bertz CT molecular complexity index is 642. The zero-order valence-corrected chi connectivity index (χ0v) is 13.7. The Kier molecular flexibility index (Phi) is 5.71. The van der Waals surface area contributed by atoms with Gasteiger partial charge in [0.15, 0.2) is 0 Å². The normalized spacial score (nSPS) is 11.1. The summed E-state index contributed by atoms with van der Waals surface area (Å²) in [5.41, 5.74) is 2.14. The van der Waals surface area contributed by atoms with Crippen LogP contribution in [-0.2, 0) is 22.5 Å². The number of anilines is 1. The molecule has 0 radical (unpaired) electrons. The summed E-state index contributed by atoms with van der Waals surface area (Å²) in [6.07, 6.45) is 1.82. The molecule has 0 saturated heterocycles. The standard InChI is InChI=1S/C18H22N2O3/c1-18(2,22-3)12-16-11-15(9-10-19-16)20-17(21)23-13-14-7-5-4-6-8-14/h4-11H,12-13H2,1-3H3,(H,19,20,21). The Balaban J connectivity index is 1.91. The maximum Gasteiger partial charge on any atom is 0.411 e. The smallest absolute Gasteiger partial charge is 0.411 e. The van der Waals surface area contributed by atoms with Gasteiger partial charge in [0.25, 0.3) is 0 Å². The van der Waals surface area contributed by atoms with E-state index in [1.165, 1.54) is 0 Å². The lowest BCUT2D eigenvalue weighted by Crippen LogP contribution is -2.26. The van der Waals surface area contributed by atoms with E-state index in [1.807, 2.05) is 50.2 Å². The molecule has 1 aromatic heterocycles. The number of carbonyl (C=O) groups excluding carboxylic acids is 1. The molecule has 0 aliphatic rings. The van der Waals surface area contributed by atoms with E-state index in [2.05, 4.69) is 10.3 Å². The van der Waals surface area contributed by atoms with Gasteiger partial charge in [-0.25, -0.2) is 4.79 Å². The van der Waals surface area contributed by atoms with Crippen LogP contribution < -0.4 is 5.32 Å². The third-order valence-electron chi connectivity index (χ3n) is 3.44. The topological polar surface area (TPSA) is 60.5 Å². The second-order valence-corrected chi connectivity index (χ2v) is 5.86. The van der Waals surface area contributed by atoms with Gasteiger partial charge in [0.1, 0.15) is 6.61 Å². The maximum absolute atomic E-state index is 11.9. The van der Waals surface area contributed by atoms with Crippen LogP contribution in [0.2, 0.25) is 0 Å². The number of hydrogen-bond acceptors (Lipinski definition) is 4. The van der Waals surface area contributed by atoms with E-state index < -0.39 is 6.09 Å². The molecule has 1 heterocycles. The fraction of sp³-hybridized carbons (Fsp3) is 0.333. The monoisotopic (exact) mass is 314 g/mol. The van der Waals surface area contributed by atoms with Gasteiger partial charge in [-0.05, 0) is 31.5 Å². The first-order valence-corrected chi connectivity index (χ1v) is 7.46. The van der Waals surface area contributed by atoms with Crippen molar-refractivity contribution in [3.8, 4) is 0 Å². The fourth-order valence-electron chi connectivity index (χ4n) is 2.04. The van der Waals surface area contributed by atoms with Crippen molar-refractivity contribution in [2.24, 2.45) is 0 Å². The second kappa shape index (κ2) is 7.74. The summed E-state index contributed by atoms with van der Waals surface area (Å²) >= 11 is 0. The molecule has 0 saturated carbocycles. The van der Waals surface area contributed by atoms with Crippen LogP contribution in [0.15, 0.2) is 48.7 Å². The molecule has 0 unspecified atom stereocenters. The number of pyridine rings is 1. The van der Waals surface area contributed by atoms with E-state index in [0.717, 1.165) is 11.3 Å². The minimum atomic E-state index is -0.489. The molecule has 0 atom stereocenters. The minimum Gasteiger partial charge on any atom is -0.444 e. The Hall–Kier alpha value is -2.40. The number of ether oxygens (including phenoxy) is 2. The quantitative estimate of drug-likeness (QED) is 0.881. The molecule has 2 aromatic rings. The number of nitrogens with one attached hydrogen (secondary N) is 1. The highest BCUT2D eigenvalue weighted by atomic mass is 16.5. The van der Waals surface area contributed by atoms with Crippen molar-refractivity contribution in [1.29, 1.82) is 0 Å². The molecule has 23 heavy (non-hydrogen) atoms. The van der Waals surface area contributed by atoms with Gasteiger partial charge in [-0.15, -0.1) is 0 Å². The highest BCUT2D eigenvalue weighted by Crippen LogP contribution is 2.17. The van der Waals surface area contributed by atoms with Gasteiger partial charge >= 0.3 is 6.09 Å². The van der Waals surface area contributed by atoms with E-state index in [0.29, 0.717) is 12.1 Å². The molecule has 0 spiro atoms. The third-order valence-corrected chi connectivity index (χ3v) is 3.44. The largest absolute Gasteiger partial charge is 0.444 e. The van der Waals surface area contributed by atoms with Gasteiger partial charge in [-0.2, -0.15) is 0 Å². The van der Waals surface area contributed by atoms with Crippen molar-refractivity contribution in [1.82, 2.24) is 4.98 Å². The molecule has 1 N–H and O–H groups in total. The zero-order chi connectivity index (χ0) is 16.7. The van der Waals surface area contributed by atoms with Crippen LogP contribution in [0.1, 0.15) is 25.1 Å². The van der Waals surface area contributed by atoms with E-state index in [-0.39, 0.29) is 12.2 Å². The predicted molar refractivity (Wildman–Crippen MR) is 89.3 cm³/mol. The average Bonchev–Trinajstić information content (AvgIpc) is 2.54. The van der Waals surface area contributed by atoms with Crippen molar-refractivity contribution in [2.75, 3.05) is 12.4 Å². The maximum atomic E-state index is 11.9. The molecule has 0 aliphatic heterocycles. The summed E-state index contributed by atoms with van der Waals surface area (Å²) in [5, 5.41) is 2.71. The lowest BCUT2D eigenvalue weighted by molar-refractivity contribution is 0.0224. The third kappa shape index (κ3) is 5.71. The highest BCUT2D eigenvalue weighted by molar-refractivity contribution is 5.84. The van der Waals surface area contributed by atoms with Crippen LogP contribution in [0.3, 0.4) is 0 Å². The molecule has 0 bridgehead atoms. The lowest BCUT2D eigenvalue weighted by Gasteiger charge is -2.22. The molecule has 0 fully saturated rings. The van der Waals surface area contributed by atoms with Crippen LogP contribution in [0.5, 0.6) is 0 Å². The molecule has 1 amide bonds. The summed E-state index contributed by atoms with van der Waals surface area (Å²) < 4.78 is 10.6. The van der Waals surface area contributed by atoms with Crippen LogP contribution in [0.25, 0.3) is 0 Å². The predicted octanol–water partition coefficient (Wildman–Crippen LogP) is 3.80. The Labute approximate surface area is 136 Å². The van der Waals surface area contributed by atoms with Crippen molar-refractivity contribution in [2.45, 2.75) is 32.5 Å². The van der Waals surface area contributed by atoms with Crippen LogP contribution in [-0.4, -0.2) is 23.8 Å². The molecular weight excluding hydrogens is 292 g/mol. The summed E-state index contributed by atoms with van der Waals surface area (Å²) in [5.74, 6) is 0. The molecule has 122 valence electrons. The number of benzene rings is 1. The second-order valence-electron chi connectivity index (χ2n) is 5.86. The van der Waals surface area contributed by atoms with E-state index in [4.69, 9.17) is 9.47 Å². The summed E-state index contributed by atoms with van der Waals surface area (Å²) in [6.45, 7) is 4.22. The van der Waals surface area contributed by atoms with Crippen LogP contribution in [0.4, 0.5) is 10.5 Å². The number of nitrogens with zero attached hydrogens (tertiary/aromatic N) is 1. The number of carbonyl (C=O) groups is 1. The Morgan fingerprint density at radius 3 is 2.65 bits per heavy atom. The average molecular weight is 314 g/mol. The van der Waals surface area contributed by atoms with Crippen molar-refractivity contribution >= 4 is 11.8 Å². The molecule has 5 heteroatoms. The summed E-state index contributed by atoms with van der Waals surface area (Å²) in [7, 11) is 1.67. The van der Waals surface area contributed by atoms with E-state index in [1.54, 1.807) is 19.4 Å². The first kappa shape index (κ1) is 17.0. The van der Waals surface area contributed by atoms with Gasteiger partial charge in [-0.1, -0.05) is 30.3 Å². The molecule has 5 nitrogen and oxygen atoms in total. The van der Waals surface area contributed by atoms with E-state index >= 15 is 0 Å². The molecule has 1 aromatic carbocycles. The number of amides is 1. The molecular formula is C18H22N2O3.